The molecule has 1 fully saturated rings. The second kappa shape index (κ2) is 6.65. The predicted molar refractivity (Wildman–Crippen MR) is 96.3 cm³/mol. The molecule has 0 aromatic carbocycles. The molecule has 0 bridgehead atoms. The number of aliphatic carboxylic acids is 1. The minimum Gasteiger partial charge on any atom is -0.480 e. The number of hydrogen-bond donors (Lipinski definition) is 1. The highest BCUT2D eigenvalue weighted by molar-refractivity contribution is 5.84. The van der Waals surface area contributed by atoms with Gasteiger partial charge in [-0.25, -0.2) is 9.59 Å². The van der Waals surface area contributed by atoms with Crippen molar-refractivity contribution in [3.05, 3.63) is 29.6 Å². The number of hydrogen-bond acceptors (Lipinski definition) is 3. The van der Waals surface area contributed by atoms with E-state index in [2.05, 4.69) is 25.8 Å². The fourth-order valence-corrected chi connectivity index (χ4v) is 3.14. The molecule has 0 saturated carbocycles. The number of aromatic nitrogens is 1. The van der Waals surface area contributed by atoms with E-state index in [1.165, 1.54) is 4.90 Å². The van der Waals surface area contributed by atoms with Gasteiger partial charge in [0, 0.05) is 24.2 Å². The lowest BCUT2D eigenvalue weighted by Crippen LogP contribution is -2.51. The Morgan fingerprint density at radius 3 is 2.36 bits per heavy atom. The summed E-state index contributed by atoms with van der Waals surface area (Å²) in [5.74, 6) is -0.962. The lowest BCUT2D eigenvalue weighted by atomic mass is 9.86. The fourth-order valence-electron chi connectivity index (χ4n) is 3.14. The van der Waals surface area contributed by atoms with Gasteiger partial charge in [0.2, 0.25) is 0 Å². The van der Waals surface area contributed by atoms with E-state index in [-0.39, 0.29) is 11.4 Å². The summed E-state index contributed by atoms with van der Waals surface area (Å²) in [5.41, 5.74) is 1.22. The highest BCUT2D eigenvalue weighted by Gasteiger charge is 2.43. The SMILES string of the molecule is CC(C)(C)c1cccc(CN2CCN([C@H](C(=O)O)C(C)(C)C)C2=O)n1. The third kappa shape index (κ3) is 4.30. The number of urea groups is 1. The van der Waals surface area contributed by atoms with Gasteiger partial charge in [0.05, 0.1) is 12.2 Å². The first-order chi connectivity index (χ1) is 11.4. The summed E-state index contributed by atoms with van der Waals surface area (Å²) in [6.45, 7) is 13.2. The summed E-state index contributed by atoms with van der Waals surface area (Å²) in [6, 6.07) is 4.78. The summed E-state index contributed by atoms with van der Waals surface area (Å²) < 4.78 is 0. The van der Waals surface area contributed by atoms with Crippen LogP contribution in [0.2, 0.25) is 0 Å². The molecule has 2 amide bonds. The lowest BCUT2D eigenvalue weighted by molar-refractivity contribution is -0.145. The Kier molecular flexibility index (Phi) is 5.11. The molecule has 1 aromatic rings. The molecule has 0 radical (unpaired) electrons. The molecule has 0 aliphatic carbocycles. The normalized spacial score (nSPS) is 17.1. The zero-order valence-electron chi connectivity index (χ0n) is 16.0. The molecule has 6 heteroatoms. The second-order valence-corrected chi connectivity index (χ2v) is 8.77. The Hall–Kier alpha value is -2.11. The lowest BCUT2D eigenvalue weighted by Gasteiger charge is -2.34. The molecule has 6 nitrogen and oxygen atoms in total. The van der Waals surface area contributed by atoms with Gasteiger partial charge in [0.1, 0.15) is 6.04 Å². The Bertz CT molecular complexity index is 659. The van der Waals surface area contributed by atoms with Crippen molar-refractivity contribution in [2.75, 3.05) is 13.1 Å². The van der Waals surface area contributed by atoms with Crippen molar-refractivity contribution in [2.45, 2.75) is 59.5 Å². The van der Waals surface area contributed by atoms with E-state index in [0.29, 0.717) is 19.6 Å². The van der Waals surface area contributed by atoms with Crippen LogP contribution in [0.1, 0.15) is 52.9 Å². The van der Waals surface area contributed by atoms with E-state index in [0.717, 1.165) is 11.4 Å². The van der Waals surface area contributed by atoms with Gasteiger partial charge in [-0.1, -0.05) is 47.6 Å². The molecular formula is C19H29N3O3. The maximum Gasteiger partial charge on any atom is 0.327 e. The summed E-state index contributed by atoms with van der Waals surface area (Å²) in [4.78, 5) is 32.2. The average molecular weight is 347 g/mol. The summed E-state index contributed by atoms with van der Waals surface area (Å²) >= 11 is 0. The van der Waals surface area contributed by atoms with E-state index in [1.807, 2.05) is 39.0 Å². The molecule has 2 rings (SSSR count). The summed E-state index contributed by atoms with van der Waals surface area (Å²) in [6.07, 6.45) is 0. The quantitative estimate of drug-likeness (QED) is 0.908. The minimum absolute atomic E-state index is 0.0578. The van der Waals surface area contributed by atoms with Crippen molar-refractivity contribution in [3.63, 3.8) is 0 Å². The van der Waals surface area contributed by atoms with Crippen LogP contribution in [-0.2, 0) is 16.8 Å². The van der Waals surface area contributed by atoms with Gasteiger partial charge in [-0.2, -0.15) is 0 Å². The number of amides is 2. The zero-order valence-corrected chi connectivity index (χ0v) is 16.0. The van der Waals surface area contributed by atoms with Gasteiger partial charge in [0.15, 0.2) is 0 Å². The van der Waals surface area contributed by atoms with Crippen LogP contribution in [0.15, 0.2) is 18.2 Å². The van der Waals surface area contributed by atoms with Crippen molar-refractivity contribution in [2.24, 2.45) is 5.41 Å². The van der Waals surface area contributed by atoms with Crippen LogP contribution >= 0.6 is 0 Å². The predicted octanol–water partition coefficient (Wildman–Crippen LogP) is 3.12. The third-order valence-electron chi connectivity index (χ3n) is 4.42. The van der Waals surface area contributed by atoms with Crippen LogP contribution in [0.25, 0.3) is 0 Å². The van der Waals surface area contributed by atoms with E-state index in [4.69, 9.17) is 0 Å². The standard InChI is InChI=1S/C19H29N3O3/c1-18(2,3)14-9-7-8-13(20-14)12-21-10-11-22(17(21)25)15(16(23)24)19(4,5)6/h7-9,15H,10-12H2,1-6H3,(H,23,24)/t15-/m1/s1. The molecule has 0 spiro atoms. The van der Waals surface area contributed by atoms with Crippen LogP contribution in [0.3, 0.4) is 0 Å². The largest absolute Gasteiger partial charge is 0.480 e. The third-order valence-corrected chi connectivity index (χ3v) is 4.42. The molecule has 1 aliphatic heterocycles. The number of carboxylic acid groups (broad SMARTS) is 1. The van der Waals surface area contributed by atoms with Crippen molar-refractivity contribution >= 4 is 12.0 Å². The molecule has 25 heavy (non-hydrogen) atoms. The van der Waals surface area contributed by atoms with E-state index in [9.17, 15) is 14.7 Å². The molecule has 1 aliphatic rings. The zero-order chi connectivity index (χ0) is 19.0. The summed E-state index contributed by atoms with van der Waals surface area (Å²) in [5, 5.41) is 9.56. The van der Waals surface area contributed by atoms with Crippen LogP contribution in [0.4, 0.5) is 4.79 Å². The fraction of sp³-hybridized carbons (Fsp3) is 0.632. The molecule has 1 aromatic heterocycles. The van der Waals surface area contributed by atoms with Gasteiger partial charge in [-0.05, 0) is 17.5 Å². The van der Waals surface area contributed by atoms with Crippen molar-refractivity contribution in [1.29, 1.82) is 0 Å². The minimum atomic E-state index is -0.962. The maximum absolute atomic E-state index is 12.7. The smallest absolute Gasteiger partial charge is 0.327 e. The Morgan fingerprint density at radius 2 is 1.84 bits per heavy atom. The Labute approximate surface area is 149 Å². The van der Waals surface area contributed by atoms with Gasteiger partial charge < -0.3 is 14.9 Å². The molecule has 138 valence electrons. The Balaban J connectivity index is 2.16. The molecule has 1 atom stereocenters. The van der Waals surface area contributed by atoms with E-state index >= 15 is 0 Å². The molecule has 1 N–H and O–H groups in total. The highest BCUT2D eigenvalue weighted by atomic mass is 16.4. The van der Waals surface area contributed by atoms with Crippen molar-refractivity contribution in [1.82, 2.24) is 14.8 Å². The number of carbonyl (C=O) groups excluding carboxylic acids is 1. The topological polar surface area (TPSA) is 73.7 Å². The molecular weight excluding hydrogens is 318 g/mol. The summed E-state index contributed by atoms with van der Waals surface area (Å²) in [7, 11) is 0. The van der Waals surface area contributed by atoms with Gasteiger partial charge >= 0.3 is 12.0 Å². The first-order valence-corrected chi connectivity index (χ1v) is 8.66. The first kappa shape index (κ1) is 19.2. The maximum atomic E-state index is 12.7. The second-order valence-electron chi connectivity index (χ2n) is 8.77. The van der Waals surface area contributed by atoms with Crippen molar-refractivity contribution < 1.29 is 14.7 Å². The molecule has 1 saturated heterocycles. The molecule has 0 unspecified atom stereocenters. The number of nitrogens with zero attached hydrogens (tertiary/aromatic N) is 3. The van der Waals surface area contributed by atoms with Gasteiger partial charge in [-0.3, -0.25) is 4.98 Å². The first-order valence-electron chi connectivity index (χ1n) is 8.66. The number of carboxylic acids is 1. The van der Waals surface area contributed by atoms with E-state index in [1.54, 1.807) is 4.90 Å². The van der Waals surface area contributed by atoms with Gasteiger partial charge in [0.25, 0.3) is 0 Å². The Morgan fingerprint density at radius 1 is 1.20 bits per heavy atom. The number of pyridine rings is 1. The van der Waals surface area contributed by atoms with Crippen LogP contribution < -0.4 is 0 Å². The van der Waals surface area contributed by atoms with Crippen LogP contribution in [0.5, 0.6) is 0 Å². The van der Waals surface area contributed by atoms with Crippen LogP contribution in [-0.4, -0.2) is 51.0 Å². The monoisotopic (exact) mass is 347 g/mol. The highest BCUT2D eigenvalue weighted by Crippen LogP contribution is 2.28. The molecule has 2 heterocycles. The number of carbonyl (C=O) groups is 2. The number of rotatable bonds is 4. The van der Waals surface area contributed by atoms with Crippen molar-refractivity contribution in [3.8, 4) is 0 Å². The van der Waals surface area contributed by atoms with E-state index < -0.39 is 17.4 Å². The van der Waals surface area contributed by atoms with Gasteiger partial charge in [-0.15, -0.1) is 0 Å². The average Bonchev–Trinajstić information content (AvgIpc) is 2.78. The van der Waals surface area contributed by atoms with Crippen LogP contribution in [0, 0.1) is 5.41 Å².